The number of benzene rings is 1. The second kappa shape index (κ2) is 5.64. The molecule has 0 saturated carbocycles. The first-order valence-corrected chi connectivity index (χ1v) is 6.09. The van der Waals surface area contributed by atoms with Crippen molar-refractivity contribution in [2.45, 2.75) is 13.5 Å². The van der Waals surface area contributed by atoms with Crippen LogP contribution in [0.2, 0.25) is 0 Å². The number of nitrogens with two attached hydrogens (primary N) is 1. The fourth-order valence-electron chi connectivity index (χ4n) is 1.96. The maximum Gasteiger partial charge on any atom is 0.251 e. The molecule has 0 unspecified atom stereocenters. The molecule has 0 bridgehead atoms. The lowest BCUT2D eigenvalue weighted by atomic mass is 10.1. The van der Waals surface area contributed by atoms with Gasteiger partial charge < -0.3 is 15.2 Å². The Balaban J connectivity index is 2.34. The summed E-state index contributed by atoms with van der Waals surface area (Å²) in [4.78, 5) is 11.1. The van der Waals surface area contributed by atoms with Crippen LogP contribution >= 0.6 is 0 Å². The topological polar surface area (TPSA) is 79.4 Å². The molecule has 0 aliphatic heterocycles. The highest BCUT2D eigenvalue weighted by atomic mass is 16.5. The van der Waals surface area contributed by atoms with Gasteiger partial charge in [-0.2, -0.15) is 5.10 Å². The summed E-state index contributed by atoms with van der Waals surface area (Å²) in [6.07, 6.45) is 3.07. The van der Waals surface area contributed by atoms with Gasteiger partial charge in [-0.05, 0) is 24.1 Å². The van der Waals surface area contributed by atoms with E-state index in [1.807, 2.05) is 19.1 Å². The number of carbonyl (C=O) groups is 1. The van der Waals surface area contributed by atoms with E-state index in [2.05, 4.69) is 5.10 Å². The molecule has 106 valence electrons. The van der Waals surface area contributed by atoms with Crippen LogP contribution in [0.5, 0.6) is 11.5 Å². The molecule has 1 heterocycles. The van der Waals surface area contributed by atoms with Gasteiger partial charge in [-0.25, -0.2) is 0 Å². The Bertz CT molecular complexity index is 635. The van der Waals surface area contributed by atoms with Crippen molar-refractivity contribution in [3.05, 3.63) is 41.2 Å². The smallest absolute Gasteiger partial charge is 0.251 e. The van der Waals surface area contributed by atoms with Crippen LogP contribution < -0.4 is 15.2 Å². The zero-order valence-electron chi connectivity index (χ0n) is 11.7. The number of primary amides is 1. The van der Waals surface area contributed by atoms with Crippen molar-refractivity contribution in [2.24, 2.45) is 5.73 Å². The van der Waals surface area contributed by atoms with Crippen LogP contribution in [0, 0.1) is 6.92 Å². The van der Waals surface area contributed by atoms with Gasteiger partial charge in [0.2, 0.25) is 0 Å². The molecule has 1 aromatic carbocycles. The minimum absolute atomic E-state index is 0.387. The fourth-order valence-corrected chi connectivity index (χ4v) is 1.96. The number of nitrogens with zero attached hydrogens (tertiary/aromatic N) is 2. The minimum atomic E-state index is -0.490. The first kappa shape index (κ1) is 13.9. The Morgan fingerprint density at radius 2 is 2.10 bits per heavy atom. The standard InChI is InChI=1S/C14H17N3O3/c1-9-10(4-12(19-2)5-13(9)20-3)7-17-8-11(6-16-17)14(15)18/h4-6,8H,7H2,1-3H3,(H2,15,18). The number of ether oxygens (including phenoxy) is 2. The first-order valence-electron chi connectivity index (χ1n) is 6.09. The summed E-state index contributed by atoms with van der Waals surface area (Å²) in [6.45, 7) is 2.47. The molecule has 6 nitrogen and oxygen atoms in total. The lowest BCUT2D eigenvalue weighted by molar-refractivity contribution is 0.1000. The largest absolute Gasteiger partial charge is 0.497 e. The van der Waals surface area contributed by atoms with Gasteiger partial charge in [-0.15, -0.1) is 0 Å². The molecule has 1 aromatic heterocycles. The van der Waals surface area contributed by atoms with E-state index in [-0.39, 0.29) is 0 Å². The first-order chi connectivity index (χ1) is 9.55. The van der Waals surface area contributed by atoms with Crippen LogP contribution in [-0.2, 0) is 6.54 Å². The Kier molecular flexibility index (Phi) is 3.93. The Morgan fingerprint density at radius 1 is 1.35 bits per heavy atom. The number of hydrogen-bond donors (Lipinski definition) is 1. The number of aromatic nitrogens is 2. The van der Waals surface area contributed by atoms with Crippen LogP contribution in [0.3, 0.4) is 0 Å². The van der Waals surface area contributed by atoms with Crippen molar-refractivity contribution >= 4 is 5.91 Å². The van der Waals surface area contributed by atoms with E-state index in [4.69, 9.17) is 15.2 Å². The van der Waals surface area contributed by atoms with E-state index in [1.54, 1.807) is 25.1 Å². The lowest BCUT2D eigenvalue weighted by Crippen LogP contribution is -2.10. The zero-order valence-corrected chi connectivity index (χ0v) is 11.7. The maximum absolute atomic E-state index is 11.1. The molecule has 0 aliphatic carbocycles. The molecule has 0 saturated heterocycles. The highest BCUT2D eigenvalue weighted by Crippen LogP contribution is 2.28. The number of amides is 1. The zero-order chi connectivity index (χ0) is 14.7. The molecule has 20 heavy (non-hydrogen) atoms. The highest BCUT2D eigenvalue weighted by Gasteiger charge is 2.10. The number of hydrogen-bond acceptors (Lipinski definition) is 4. The van der Waals surface area contributed by atoms with E-state index in [0.29, 0.717) is 17.9 Å². The summed E-state index contributed by atoms with van der Waals surface area (Å²) in [7, 11) is 3.22. The Morgan fingerprint density at radius 3 is 2.65 bits per heavy atom. The second-order valence-corrected chi connectivity index (χ2v) is 4.40. The molecule has 1 amide bonds. The lowest BCUT2D eigenvalue weighted by Gasteiger charge is -2.13. The van der Waals surface area contributed by atoms with E-state index < -0.39 is 5.91 Å². The summed E-state index contributed by atoms with van der Waals surface area (Å²) >= 11 is 0. The normalized spacial score (nSPS) is 10.3. The molecular weight excluding hydrogens is 258 g/mol. The van der Waals surface area contributed by atoms with Crippen molar-refractivity contribution in [1.82, 2.24) is 9.78 Å². The number of carbonyl (C=O) groups excluding carboxylic acids is 1. The predicted octanol–water partition coefficient (Wildman–Crippen LogP) is 1.36. The Labute approximate surface area is 117 Å². The predicted molar refractivity (Wildman–Crippen MR) is 74.1 cm³/mol. The highest BCUT2D eigenvalue weighted by molar-refractivity contribution is 5.92. The van der Waals surface area contributed by atoms with Crippen molar-refractivity contribution < 1.29 is 14.3 Å². The Hall–Kier alpha value is -2.50. The van der Waals surface area contributed by atoms with Crippen molar-refractivity contribution in [2.75, 3.05) is 14.2 Å². The summed E-state index contributed by atoms with van der Waals surface area (Å²) in [6, 6.07) is 3.75. The molecule has 0 fully saturated rings. The second-order valence-electron chi connectivity index (χ2n) is 4.40. The average molecular weight is 275 g/mol. The fraction of sp³-hybridized carbons (Fsp3) is 0.286. The van der Waals surface area contributed by atoms with Crippen LogP contribution in [0.25, 0.3) is 0 Å². The van der Waals surface area contributed by atoms with Gasteiger partial charge in [0.05, 0.1) is 32.5 Å². The van der Waals surface area contributed by atoms with E-state index in [0.717, 1.165) is 16.9 Å². The molecule has 0 spiro atoms. The third kappa shape index (κ3) is 2.74. The molecule has 2 aromatic rings. The van der Waals surface area contributed by atoms with Crippen LogP contribution in [-0.4, -0.2) is 29.9 Å². The van der Waals surface area contributed by atoms with E-state index in [9.17, 15) is 4.79 Å². The van der Waals surface area contributed by atoms with Crippen LogP contribution in [0.4, 0.5) is 0 Å². The molecular formula is C14H17N3O3. The molecule has 2 rings (SSSR count). The average Bonchev–Trinajstić information content (AvgIpc) is 2.90. The molecule has 0 atom stereocenters. The van der Waals surface area contributed by atoms with Crippen LogP contribution in [0.1, 0.15) is 21.5 Å². The van der Waals surface area contributed by atoms with Crippen molar-refractivity contribution in [3.8, 4) is 11.5 Å². The third-order valence-electron chi connectivity index (χ3n) is 3.15. The quantitative estimate of drug-likeness (QED) is 0.893. The van der Waals surface area contributed by atoms with Gasteiger partial charge >= 0.3 is 0 Å². The summed E-state index contributed by atoms with van der Waals surface area (Å²) in [5.41, 5.74) is 7.60. The van der Waals surface area contributed by atoms with Crippen molar-refractivity contribution in [1.29, 1.82) is 0 Å². The number of methoxy groups -OCH3 is 2. The SMILES string of the molecule is COc1cc(Cn2cc(C(N)=O)cn2)c(C)c(OC)c1. The van der Waals surface area contributed by atoms with Gasteiger partial charge in [0.1, 0.15) is 11.5 Å². The summed E-state index contributed by atoms with van der Waals surface area (Å²) < 4.78 is 12.2. The monoisotopic (exact) mass is 275 g/mol. The van der Waals surface area contributed by atoms with E-state index in [1.165, 1.54) is 6.20 Å². The van der Waals surface area contributed by atoms with Gasteiger partial charge in [0, 0.05) is 12.3 Å². The van der Waals surface area contributed by atoms with Gasteiger partial charge in [-0.1, -0.05) is 0 Å². The van der Waals surface area contributed by atoms with Gasteiger partial charge in [-0.3, -0.25) is 9.48 Å². The maximum atomic E-state index is 11.1. The molecule has 0 aliphatic rings. The van der Waals surface area contributed by atoms with E-state index >= 15 is 0 Å². The summed E-state index contributed by atoms with van der Waals surface area (Å²) in [5, 5.41) is 4.12. The van der Waals surface area contributed by atoms with Crippen molar-refractivity contribution in [3.63, 3.8) is 0 Å². The number of rotatable bonds is 5. The third-order valence-corrected chi connectivity index (χ3v) is 3.15. The molecule has 2 N–H and O–H groups in total. The summed E-state index contributed by atoms with van der Waals surface area (Å²) in [5.74, 6) is 0.975. The molecule has 6 heteroatoms. The molecule has 0 radical (unpaired) electrons. The minimum Gasteiger partial charge on any atom is -0.497 e. The van der Waals surface area contributed by atoms with Crippen LogP contribution in [0.15, 0.2) is 24.5 Å². The van der Waals surface area contributed by atoms with Gasteiger partial charge in [0.25, 0.3) is 5.91 Å². The van der Waals surface area contributed by atoms with Gasteiger partial charge in [0.15, 0.2) is 0 Å².